The molecule has 67 heavy (non-hydrogen) atoms. The highest BCUT2D eigenvalue weighted by Crippen LogP contribution is 2.45. The van der Waals surface area contributed by atoms with Crippen LogP contribution >= 0.6 is 0 Å². The zero-order valence-corrected chi connectivity index (χ0v) is 37.5. The molecule has 11 rings (SSSR count). The summed E-state index contributed by atoms with van der Waals surface area (Å²) in [4.78, 5) is 19.7. The van der Waals surface area contributed by atoms with Crippen molar-refractivity contribution in [2.75, 3.05) is 0 Å². The van der Waals surface area contributed by atoms with E-state index in [9.17, 15) is 0 Å². The molecule has 5 heteroatoms. The summed E-state index contributed by atoms with van der Waals surface area (Å²) in [7, 11) is 0. The molecule has 0 unspecified atom stereocenters. The van der Waals surface area contributed by atoms with Crippen molar-refractivity contribution in [1.29, 1.82) is 0 Å². The van der Waals surface area contributed by atoms with Crippen molar-refractivity contribution in [3.8, 4) is 84.4 Å². The van der Waals surface area contributed by atoms with Crippen molar-refractivity contribution in [3.63, 3.8) is 0 Å². The van der Waals surface area contributed by atoms with Crippen molar-refractivity contribution in [2.24, 2.45) is 0 Å². The highest BCUT2D eigenvalue weighted by Gasteiger charge is 2.25. The minimum Gasteiger partial charge on any atom is -0.308 e. The maximum atomic E-state index is 7.97. The Balaban J connectivity index is 1.18. The van der Waals surface area contributed by atoms with Crippen LogP contribution in [0.4, 0.5) is 5.69 Å². The maximum absolute atomic E-state index is 7.97. The van der Waals surface area contributed by atoms with Crippen LogP contribution in [-0.2, 0) is 5.41 Å². The van der Waals surface area contributed by atoms with Gasteiger partial charge in [-0.15, -0.1) is 0 Å². The molecule has 0 aliphatic carbocycles. The standard InChI is InChI=1S/C62H45N5/c1-62(2,3)50-33-35-56-54(39-50)55-40-51(63-4)34-36-57(55)67(56)58-52(45-21-13-7-14-22-45)37-49(38-53(58)46-23-15-8-16-24-46)61-65-59(47-29-25-43(26-30-47)41-17-9-5-10-18-41)64-60(66-61)48-31-27-44(28-32-48)42-19-11-6-12-20-42/h5-40H,1-3H3. The summed E-state index contributed by atoms with van der Waals surface area (Å²) >= 11 is 0. The highest BCUT2D eigenvalue weighted by molar-refractivity contribution is 6.12. The van der Waals surface area contributed by atoms with Gasteiger partial charge in [0.25, 0.3) is 0 Å². The van der Waals surface area contributed by atoms with Gasteiger partial charge in [0.15, 0.2) is 23.2 Å². The van der Waals surface area contributed by atoms with Crippen LogP contribution in [0.3, 0.4) is 0 Å². The molecule has 0 fully saturated rings. The first kappa shape index (κ1) is 41.0. The summed E-state index contributed by atoms with van der Waals surface area (Å²) in [6.07, 6.45) is 0. The molecule has 2 heterocycles. The monoisotopic (exact) mass is 859 g/mol. The Bertz CT molecular complexity index is 3460. The van der Waals surface area contributed by atoms with Crippen molar-refractivity contribution in [2.45, 2.75) is 26.2 Å². The number of nitrogens with zero attached hydrogens (tertiary/aromatic N) is 5. The molecule has 0 N–H and O–H groups in total. The van der Waals surface area contributed by atoms with Crippen LogP contribution in [0.15, 0.2) is 218 Å². The largest absolute Gasteiger partial charge is 0.308 e. The molecule has 0 spiro atoms. The predicted molar refractivity (Wildman–Crippen MR) is 277 cm³/mol. The second-order valence-electron chi connectivity index (χ2n) is 18.0. The first-order chi connectivity index (χ1) is 32.8. The quantitative estimate of drug-likeness (QED) is 0.143. The van der Waals surface area contributed by atoms with Gasteiger partial charge in [-0.05, 0) is 86.1 Å². The average Bonchev–Trinajstić information content (AvgIpc) is 3.71. The first-order valence-corrected chi connectivity index (χ1v) is 22.6. The SMILES string of the molecule is [C-]#[N+]c1ccc2c(c1)c1cc(C(C)(C)C)ccc1n2-c1c(-c2ccccc2)cc(-c2nc(-c3ccc(-c4ccccc4)cc3)nc(-c3ccc(-c4ccccc4)cc3)n2)cc1-c1ccccc1. The van der Waals surface area contributed by atoms with E-state index in [0.717, 1.165) is 88.7 Å². The van der Waals surface area contributed by atoms with E-state index < -0.39 is 0 Å². The highest BCUT2D eigenvalue weighted by atomic mass is 15.0. The number of hydrogen-bond donors (Lipinski definition) is 0. The van der Waals surface area contributed by atoms with Crippen LogP contribution in [-0.4, -0.2) is 19.5 Å². The lowest BCUT2D eigenvalue weighted by atomic mass is 9.86. The van der Waals surface area contributed by atoms with E-state index in [1.54, 1.807) is 0 Å². The minimum absolute atomic E-state index is 0.0673. The molecule has 0 bridgehead atoms. The smallest absolute Gasteiger partial charge is 0.188 e. The summed E-state index contributed by atoms with van der Waals surface area (Å²) < 4.78 is 2.39. The minimum atomic E-state index is -0.0673. The average molecular weight is 860 g/mol. The van der Waals surface area contributed by atoms with Gasteiger partial charge in [0.1, 0.15) is 0 Å². The number of fused-ring (bicyclic) bond motifs is 3. The fourth-order valence-electron chi connectivity index (χ4n) is 9.12. The van der Waals surface area contributed by atoms with E-state index in [-0.39, 0.29) is 5.41 Å². The second kappa shape index (κ2) is 17.0. The molecule has 0 aliphatic rings. The molecule has 0 saturated heterocycles. The van der Waals surface area contributed by atoms with Gasteiger partial charge in [-0.3, -0.25) is 0 Å². The molecular weight excluding hydrogens is 815 g/mol. The molecule has 5 nitrogen and oxygen atoms in total. The third-order valence-electron chi connectivity index (χ3n) is 12.6. The fourth-order valence-corrected chi connectivity index (χ4v) is 9.12. The van der Waals surface area contributed by atoms with E-state index >= 15 is 0 Å². The Morgan fingerprint density at radius 2 is 0.746 bits per heavy atom. The Kier molecular flexibility index (Phi) is 10.4. The molecule has 0 atom stereocenters. The number of hydrogen-bond acceptors (Lipinski definition) is 3. The van der Waals surface area contributed by atoms with E-state index in [1.807, 2.05) is 24.3 Å². The van der Waals surface area contributed by atoms with Crippen LogP contribution < -0.4 is 0 Å². The molecule has 0 amide bonds. The van der Waals surface area contributed by atoms with Gasteiger partial charge in [0.05, 0.1) is 23.3 Å². The molecule has 11 aromatic rings. The molecular formula is C62H45N5. The van der Waals surface area contributed by atoms with E-state index in [1.165, 1.54) is 5.56 Å². The maximum Gasteiger partial charge on any atom is 0.188 e. The topological polar surface area (TPSA) is 48.0 Å². The molecule has 318 valence electrons. The molecule has 0 radical (unpaired) electrons. The van der Waals surface area contributed by atoms with Gasteiger partial charge < -0.3 is 4.57 Å². The zero-order valence-electron chi connectivity index (χ0n) is 37.5. The van der Waals surface area contributed by atoms with Gasteiger partial charge in [-0.2, -0.15) is 0 Å². The molecule has 0 saturated carbocycles. The summed E-state index contributed by atoms with van der Waals surface area (Å²) in [5, 5.41) is 2.15. The van der Waals surface area contributed by atoms with E-state index in [4.69, 9.17) is 21.5 Å². The third kappa shape index (κ3) is 7.85. The van der Waals surface area contributed by atoms with Crippen LogP contribution in [0, 0.1) is 6.57 Å². The summed E-state index contributed by atoms with van der Waals surface area (Å²) in [6.45, 7) is 14.7. The Hall–Kier alpha value is -8.72. The predicted octanol–water partition coefficient (Wildman–Crippen LogP) is 16.5. The second-order valence-corrected chi connectivity index (χ2v) is 18.0. The van der Waals surface area contributed by atoms with Gasteiger partial charge >= 0.3 is 0 Å². The van der Waals surface area contributed by atoms with Gasteiger partial charge in [-0.1, -0.05) is 203 Å². The Morgan fingerprint density at radius 1 is 0.373 bits per heavy atom. The van der Waals surface area contributed by atoms with Crippen molar-refractivity contribution in [1.82, 2.24) is 19.5 Å². The summed E-state index contributed by atoms with van der Waals surface area (Å²) in [5.41, 5.74) is 16.2. The van der Waals surface area contributed by atoms with Gasteiger partial charge in [0, 0.05) is 33.2 Å². The van der Waals surface area contributed by atoms with Crippen LogP contribution in [0.1, 0.15) is 26.3 Å². The normalized spacial score (nSPS) is 11.5. The zero-order chi connectivity index (χ0) is 45.5. The lowest BCUT2D eigenvalue weighted by Gasteiger charge is -2.22. The van der Waals surface area contributed by atoms with Crippen molar-refractivity contribution in [3.05, 3.63) is 235 Å². The Labute approximate surface area is 391 Å². The number of benzene rings is 9. The lowest BCUT2D eigenvalue weighted by Crippen LogP contribution is -2.10. The van der Waals surface area contributed by atoms with Crippen LogP contribution in [0.25, 0.3) is 111 Å². The number of aromatic nitrogens is 4. The van der Waals surface area contributed by atoms with Gasteiger partial charge in [0.2, 0.25) is 0 Å². The van der Waals surface area contributed by atoms with Gasteiger partial charge in [-0.25, -0.2) is 19.8 Å². The summed E-state index contributed by atoms with van der Waals surface area (Å²) in [6, 6.07) is 76.3. The van der Waals surface area contributed by atoms with Crippen molar-refractivity contribution < 1.29 is 0 Å². The van der Waals surface area contributed by atoms with Crippen molar-refractivity contribution >= 4 is 27.5 Å². The molecule has 2 aromatic heterocycles. The Morgan fingerprint density at radius 3 is 1.18 bits per heavy atom. The van der Waals surface area contributed by atoms with Crippen LogP contribution in [0.2, 0.25) is 0 Å². The lowest BCUT2D eigenvalue weighted by molar-refractivity contribution is 0.591. The van der Waals surface area contributed by atoms with E-state index in [2.05, 4.69) is 224 Å². The number of rotatable bonds is 8. The fraction of sp³-hybridized carbons (Fsp3) is 0.0645. The van der Waals surface area contributed by atoms with Crippen LogP contribution in [0.5, 0.6) is 0 Å². The van der Waals surface area contributed by atoms with E-state index in [0.29, 0.717) is 23.2 Å². The molecule has 9 aromatic carbocycles. The summed E-state index contributed by atoms with van der Waals surface area (Å²) in [5.74, 6) is 1.75. The molecule has 0 aliphatic heterocycles. The third-order valence-corrected chi connectivity index (χ3v) is 12.6. The first-order valence-electron chi connectivity index (χ1n) is 22.6.